The molecule has 2 N–H and O–H groups in total. The average molecular weight is 412 g/mol. The fourth-order valence-corrected chi connectivity index (χ4v) is 2.67. The van der Waals surface area contributed by atoms with Crippen LogP contribution in [-0.2, 0) is 13.2 Å². The van der Waals surface area contributed by atoms with Crippen LogP contribution in [0.2, 0.25) is 0 Å². The Kier molecular flexibility index (Phi) is 6.22. The van der Waals surface area contributed by atoms with E-state index in [9.17, 15) is 4.79 Å². The van der Waals surface area contributed by atoms with E-state index < -0.39 is 0 Å². The molecule has 1 heterocycles. The first-order valence-corrected chi connectivity index (χ1v) is 8.90. The number of anilines is 1. The van der Waals surface area contributed by atoms with Crippen molar-refractivity contribution in [2.45, 2.75) is 13.2 Å². The van der Waals surface area contributed by atoms with E-state index in [1.165, 1.54) is 0 Å². The number of carbonyl (C=O) groups excluding carboxylic acids is 1. The van der Waals surface area contributed by atoms with Gasteiger partial charge in [-0.25, -0.2) is 4.79 Å². The van der Waals surface area contributed by atoms with Gasteiger partial charge in [-0.15, -0.1) is 0 Å². The van der Waals surface area contributed by atoms with E-state index in [2.05, 4.69) is 31.5 Å². The third-order valence-electron chi connectivity index (χ3n) is 3.62. The van der Waals surface area contributed by atoms with Gasteiger partial charge in [0.25, 0.3) is 0 Å². The molecule has 2 amide bonds. The van der Waals surface area contributed by atoms with Gasteiger partial charge in [-0.2, -0.15) is 0 Å². The highest BCUT2D eigenvalue weighted by Crippen LogP contribution is 2.24. The van der Waals surface area contributed by atoms with Crippen LogP contribution in [0.4, 0.5) is 10.5 Å². The molecule has 3 aromatic rings. The number of nitrogens with one attached hydrogen (secondary N) is 2. The number of halogens is 1. The van der Waals surface area contributed by atoms with Crippen molar-refractivity contribution in [3.8, 4) is 5.75 Å². The molecule has 0 spiro atoms. The Bertz CT molecular complexity index is 854. The predicted molar refractivity (Wildman–Crippen MR) is 105 cm³/mol. The summed E-state index contributed by atoms with van der Waals surface area (Å²) >= 11 is 3.46. The largest absolute Gasteiger partial charge is 0.488 e. The van der Waals surface area contributed by atoms with Crippen molar-refractivity contribution in [1.29, 1.82) is 0 Å². The zero-order valence-electron chi connectivity index (χ0n) is 14.0. The first-order chi connectivity index (χ1) is 12.7. The maximum Gasteiger partial charge on any atom is 0.319 e. The number of amides is 2. The second-order valence-corrected chi connectivity index (χ2v) is 6.44. The summed E-state index contributed by atoms with van der Waals surface area (Å²) in [5.74, 6) is 0.796. The number of hydrogen-bond acceptors (Lipinski definition) is 3. The minimum Gasteiger partial charge on any atom is -0.488 e. The Morgan fingerprint density at radius 3 is 2.54 bits per heavy atom. The first-order valence-electron chi connectivity index (χ1n) is 8.11. The normalized spacial score (nSPS) is 10.2. The Labute approximate surface area is 160 Å². The number of aromatic nitrogens is 1. The van der Waals surface area contributed by atoms with Crippen LogP contribution in [0.5, 0.6) is 5.75 Å². The summed E-state index contributed by atoms with van der Waals surface area (Å²) in [4.78, 5) is 16.0. The molecule has 0 aliphatic carbocycles. The summed E-state index contributed by atoms with van der Waals surface area (Å²) in [6.45, 7) is 0.883. The molecule has 0 aliphatic rings. The van der Waals surface area contributed by atoms with Crippen molar-refractivity contribution in [1.82, 2.24) is 10.3 Å². The monoisotopic (exact) mass is 411 g/mol. The molecule has 5 nitrogen and oxygen atoms in total. The SMILES string of the molecule is O=C(NCc1cccnc1)Nc1ccc(COc2ccccc2Br)cc1. The number of urea groups is 1. The number of carbonyl (C=O) groups is 1. The number of benzene rings is 2. The number of ether oxygens (including phenoxy) is 1. The number of rotatable bonds is 6. The molecule has 132 valence electrons. The first kappa shape index (κ1) is 17.9. The van der Waals surface area contributed by atoms with Gasteiger partial charge in [-0.3, -0.25) is 4.98 Å². The number of para-hydroxylation sites is 1. The van der Waals surface area contributed by atoms with Gasteiger partial charge in [0.15, 0.2) is 0 Å². The van der Waals surface area contributed by atoms with Crippen molar-refractivity contribution in [2.75, 3.05) is 5.32 Å². The van der Waals surface area contributed by atoms with Gasteiger partial charge in [0.05, 0.1) is 4.47 Å². The molecule has 0 radical (unpaired) electrons. The lowest BCUT2D eigenvalue weighted by molar-refractivity contribution is 0.251. The number of hydrogen-bond donors (Lipinski definition) is 2. The molecule has 0 fully saturated rings. The molecular formula is C20H18BrN3O2. The van der Waals surface area contributed by atoms with Crippen molar-refractivity contribution in [2.24, 2.45) is 0 Å². The second-order valence-electron chi connectivity index (χ2n) is 5.58. The lowest BCUT2D eigenvalue weighted by Gasteiger charge is -2.10. The molecular weight excluding hydrogens is 394 g/mol. The van der Waals surface area contributed by atoms with Crippen LogP contribution in [-0.4, -0.2) is 11.0 Å². The topological polar surface area (TPSA) is 63.2 Å². The van der Waals surface area contributed by atoms with Gasteiger partial charge in [0.2, 0.25) is 0 Å². The Balaban J connectivity index is 1.48. The summed E-state index contributed by atoms with van der Waals surface area (Å²) in [5.41, 5.74) is 2.68. The molecule has 0 saturated heterocycles. The minimum atomic E-state index is -0.258. The molecule has 1 aromatic heterocycles. The van der Waals surface area contributed by atoms with Crippen molar-refractivity contribution in [3.05, 3.63) is 88.7 Å². The molecule has 0 saturated carbocycles. The van der Waals surface area contributed by atoms with E-state index in [0.29, 0.717) is 13.2 Å². The fraction of sp³-hybridized carbons (Fsp3) is 0.100. The lowest BCUT2D eigenvalue weighted by Crippen LogP contribution is -2.28. The lowest BCUT2D eigenvalue weighted by atomic mass is 10.2. The highest BCUT2D eigenvalue weighted by molar-refractivity contribution is 9.10. The van der Waals surface area contributed by atoms with Crippen molar-refractivity contribution in [3.63, 3.8) is 0 Å². The molecule has 0 atom stereocenters. The molecule has 3 rings (SSSR count). The molecule has 26 heavy (non-hydrogen) atoms. The highest BCUT2D eigenvalue weighted by atomic mass is 79.9. The van der Waals surface area contributed by atoms with E-state index in [1.807, 2.05) is 60.7 Å². The van der Waals surface area contributed by atoms with Gasteiger partial charge in [0.1, 0.15) is 12.4 Å². The Hall–Kier alpha value is -2.86. The van der Waals surface area contributed by atoms with Crippen molar-refractivity contribution >= 4 is 27.6 Å². The number of nitrogens with zero attached hydrogens (tertiary/aromatic N) is 1. The smallest absolute Gasteiger partial charge is 0.319 e. The van der Waals surface area contributed by atoms with Gasteiger partial charge in [0, 0.05) is 24.6 Å². The van der Waals surface area contributed by atoms with Gasteiger partial charge in [-0.1, -0.05) is 30.3 Å². The van der Waals surface area contributed by atoms with Crippen LogP contribution in [0.25, 0.3) is 0 Å². The van der Waals surface area contributed by atoms with Crippen LogP contribution < -0.4 is 15.4 Å². The van der Waals surface area contributed by atoms with Crippen LogP contribution in [0.1, 0.15) is 11.1 Å². The molecule has 2 aromatic carbocycles. The molecule has 0 aliphatic heterocycles. The van der Waals surface area contributed by atoms with E-state index >= 15 is 0 Å². The van der Waals surface area contributed by atoms with E-state index in [0.717, 1.165) is 27.0 Å². The second kappa shape index (κ2) is 9.01. The van der Waals surface area contributed by atoms with Gasteiger partial charge in [-0.05, 0) is 57.4 Å². The van der Waals surface area contributed by atoms with Gasteiger partial charge < -0.3 is 15.4 Å². The maximum atomic E-state index is 11.9. The minimum absolute atomic E-state index is 0.258. The summed E-state index contributed by atoms with van der Waals surface area (Å²) in [5, 5.41) is 5.60. The Morgan fingerprint density at radius 2 is 1.81 bits per heavy atom. The highest BCUT2D eigenvalue weighted by Gasteiger charge is 2.03. The van der Waals surface area contributed by atoms with Gasteiger partial charge >= 0.3 is 6.03 Å². The van der Waals surface area contributed by atoms with E-state index in [4.69, 9.17) is 4.74 Å². The molecule has 0 bridgehead atoms. The third kappa shape index (κ3) is 5.32. The quantitative estimate of drug-likeness (QED) is 0.615. The third-order valence-corrected chi connectivity index (χ3v) is 4.27. The summed E-state index contributed by atoms with van der Waals surface area (Å²) in [6.07, 6.45) is 3.42. The van der Waals surface area contributed by atoms with Crippen LogP contribution in [0, 0.1) is 0 Å². The number of pyridine rings is 1. The predicted octanol–water partition coefficient (Wildman–Crippen LogP) is 4.74. The summed E-state index contributed by atoms with van der Waals surface area (Å²) in [6, 6.07) is 18.8. The van der Waals surface area contributed by atoms with Crippen LogP contribution in [0.15, 0.2) is 77.5 Å². The van der Waals surface area contributed by atoms with Crippen LogP contribution in [0.3, 0.4) is 0 Å². The summed E-state index contributed by atoms with van der Waals surface area (Å²) < 4.78 is 6.70. The summed E-state index contributed by atoms with van der Waals surface area (Å²) in [7, 11) is 0. The fourth-order valence-electron chi connectivity index (χ4n) is 2.27. The zero-order chi connectivity index (χ0) is 18.2. The van der Waals surface area contributed by atoms with E-state index in [1.54, 1.807) is 12.4 Å². The average Bonchev–Trinajstić information content (AvgIpc) is 2.68. The maximum absolute atomic E-state index is 11.9. The molecule has 6 heteroatoms. The van der Waals surface area contributed by atoms with Crippen molar-refractivity contribution < 1.29 is 9.53 Å². The van der Waals surface area contributed by atoms with E-state index in [-0.39, 0.29) is 6.03 Å². The zero-order valence-corrected chi connectivity index (χ0v) is 15.6. The molecule has 0 unspecified atom stereocenters. The van der Waals surface area contributed by atoms with Crippen LogP contribution >= 0.6 is 15.9 Å². The Morgan fingerprint density at radius 1 is 1.00 bits per heavy atom. The standard InChI is InChI=1S/C20H18BrN3O2/c21-18-5-1-2-6-19(18)26-14-15-7-9-17(10-8-15)24-20(25)23-13-16-4-3-11-22-12-16/h1-12H,13-14H2,(H2,23,24,25).